The molecule has 5 rings (SSSR count). The Balaban J connectivity index is 1.42. The number of rotatable bonds is 4. The van der Waals surface area contributed by atoms with E-state index in [0.29, 0.717) is 33.1 Å². The van der Waals surface area contributed by atoms with Crippen LogP contribution in [-0.2, 0) is 0 Å². The van der Waals surface area contributed by atoms with E-state index in [1.807, 2.05) is 55.4 Å². The Bertz CT molecular complexity index is 1380. The molecule has 1 amide bonds. The van der Waals surface area contributed by atoms with Crippen molar-refractivity contribution in [1.29, 1.82) is 0 Å². The van der Waals surface area contributed by atoms with Gasteiger partial charge in [0.05, 0.1) is 22.4 Å². The van der Waals surface area contributed by atoms with Crippen LogP contribution in [0.5, 0.6) is 0 Å². The van der Waals surface area contributed by atoms with Crippen molar-refractivity contribution in [3.05, 3.63) is 88.3 Å². The van der Waals surface area contributed by atoms with E-state index in [9.17, 15) is 4.79 Å². The smallest absolute Gasteiger partial charge is 0.265 e. The number of hydrogen-bond acceptors (Lipinski definition) is 6. The maximum atomic E-state index is 13.2. The van der Waals surface area contributed by atoms with Crippen molar-refractivity contribution in [2.24, 2.45) is 0 Å². The van der Waals surface area contributed by atoms with E-state index in [-0.39, 0.29) is 12.6 Å². The van der Waals surface area contributed by atoms with Gasteiger partial charge < -0.3 is 10.2 Å². The summed E-state index contributed by atoms with van der Waals surface area (Å²) in [4.78, 5) is 29.8. The Hall–Kier alpha value is -3.68. The van der Waals surface area contributed by atoms with Crippen molar-refractivity contribution < 1.29 is 4.79 Å². The zero-order chi connectivity index (χ0) is 23.8. The third-order valence-electron chi connectivity index (χ3n) is 5.62. The summed E-state index contributed by atoms with van der Waals surface area (Å²) in [6, 6.07) is 15.1. The lowest BCUT2D eigenvalue weighted by molar-refractivity contribution is 0.0982. The number of nitrogens with zero attached hydrogens (tertiary/aromatic N) is 5. The predicted molar refractivity (Wildman–Crippen MR) is 136 cm³/mol. The third kappa shape index (κ3) is 4.04. The van der Waals surface area contributed by atoms with Crippen LogP contribution in [0.25, 0.3) is 11.1 Å². The Morgan fingerprint density at radius 1 is 1.00 bits per heavy atom. The largest absolute Gasteiger partial charge is 0.341 e. The average Bonchev–Trinajstić information content (AvgIpc) is 2.83. The van der Waals surface area contributed by atoms with Gasteiger partial charge in [-0.2, -0.15) is 4.98 Å². The van der Waals surface area contributed by atoms with E-state index in [1.165, 1.54) is 11.1 Å². The quantitative estimate of drug-likeness (QED) is 0.380. The van der Waals surface area contributed by atoms with E-state index in [1.54, 1.807) is 24.4 Å². The fourth-order valence-electron chi connectivity index (χ4n) is 4.00. The van der Waals surface area contributed by atoms with Crippen LogP contribution < -0.4 is 15.1 Å². The van der Waals surface area contributed by atoms with Gasteiger partial charge in [0.25, 0.3) is 5.91 Å². The van der Waals surface area contributed by atoms with Crippen molar-refractivity contribution in [1.82, 2.24) is 15.0 Å². The first-order chi connectivity index (χ1) is 16.4. The lowest BCUT2D eigenvalue weighted by atomic mass is 10.0. The van der Waals surface area contributed by atoms with Gasteiger partial charge in [-0.3, -0.25) is 14.7 Å². The van der Waals surface area contributed by atoms with E-state index >= 15 is 0 Å². The highest BCUT2D eigenvalue weighted by atomic mass is 35.5. The van der Waals surface area contributed by atoms with Gasteiger partial charge in [-0.15, -0.1) is 0 Å². The molecule has 3 heterocycles. The molecule has 7 nitrogen and oxygen atoms in total. The molecule has 0 spiro atoms. The number of aryl methyl sites for hydroxylation is 1. The Morgan fingerprint density at radius 3 is 2.50 bits per heavy atom. The van der Waals surface area contributed by atoms with Crippen LogP contribution >= 0.6 is 23.2 Å². The summed E-state index contributed by atoms with van der Waals surface area (Å²) in [6.45, 7) is 2.30. The number of carbonyl (C=O) groups excluding carboxylic acids is 1. The summed E-state index contributed by atoms with van der Waals surface area (Å²) in [5.74, 6) is 0.674. The molecule has 1 aliphatic rings. The average molecular weight is 491 g/mol. The summed E-state index contributed by atoms with van der Waals surface area (Å²) in [5.41, 5.74) is 4.95. The molecule has 2 aromatic heterocycles. The van der Waals surface area contributed by atoms with Gasteiger partial charge >= 0.3 is 0 Å². The van der Waals surface area contributed by atoms with Gasteiger partial charge in [-0.25, -0.2) is 4.98 Å². The van der Waals surface area contributed by atoms with E-state index in [2.05, 4.69) is 20.3 Å². The highest BCUT2D eigenvalue weighted by Crippen LogP contribution is 2.37. The fourth-order valence-corrected chi connectivity index (χ4v) is 4.60. The second-order valence-electron chi connectivity index (χ2n) is 7.97. The fraction of sp³-hybridized carbons (Fsp3) is 0.120. The zero-order valence-corrected chi connectivity index (χ0v) is 20.0. The molecule has 0 aliphatic carbocycles. The standard InChI is InChI=1S/C25H20Cl2N6O/c1-15-11-17(8-9-18(15)16-5-4-10-28-12-16)30-25-29-13-19-23(31-25)32(2)14-33(24(19)34)22-20(26)6-3-7-21(22)27/h3-13H,14H2,1-2H3,(H,29,30,31). The first-order valence-electron chi connectivity index (χ1n) is 10.5. The Labute approximate surface area is 207 Å². The van der Waals surface area contributed by atoms with E-state index < -0.39 is 0 Å². The number of benzene rings is 2. The van der Waals surface area contributed by atoms with Crippen LogP contribution in [0.3, 0.4) is 0 Å². The van der Waals surface area contributed by atoms with Crippen LogP contribution in [0.15, 0.2) is 67.1 Å². The summed E-state index contributed by atoms with van der Waals surface area (Å²) in [7, 11) is 1.85. The van der Waals surface area contributed by atoms with E-state index in [0.717, 1.165) is 22.4 Å². The summed E-state index contributed by atoms with van der Waals surface area (Å²) in [5, 5.41) is 4.05. The molecule has 1 aliphatic heterocycles. The van der Waals surface area contributed by atoms with Gasteiger partial charge in [0.15, 0.2) is 0 Å². The molecule has 0 saturated carbocycles. The molecule has 170 valence electrons. The topological polar surface area (TPSA) is 74.2 Å². The van der Waals surface area contributed by atoms with Gasteiger partial charge in [-0.1, -0.05) is 41.4 Å². The zero-order valence-electron chi connectivity index (χ0n) is 18.5. The lowest BCUT2D eigenvalue weighted by Gasteiger charge is -2.35. The number of carbonyl (C=O) groups is 1. The molecular formula is C25H20Cl2N6O. The van der Waals surface area contributed by atoms with Crippen LogP contribution in [0.1, 0.15) is 15.9 Å². The van der Waals surface area contributed by atoms with Crippen LogP contribution in [0.2, 0.25) is 10.0 Å². The molecule has 1 N–H and O–H groups in total. The molecule has 0 saturated heterocycles. The highest BCUT2D eigenvalue weighted by molar-refractivity contribution is 6.40. The maximum Gasteiger partial charge on any atom is 0.265 e. The molecule has 34 heavy (non-hydrogen) atoms. The van der Waals surface area contributed by atoms with Crippen molar-refractivity contribution in [2.75, 3.05) is 28.8 Å². The van der Waals surface area contributed by atoms with E-state index in [4.69, 9.17) is 23.2 Å². The number of fused-ring (bicyclic) bond motifs is 1. The van der Waals surface area contributed by atoms with Gasteiger partial charge in [0.1, 0.15) is 11.4 Å². The van der Waals surface area contributed by atoms with Crippen molar-refractivity contribution in [2.45, 2.75) is 6.92 Å². The normalized spacial score (nSPS) is 13.1. The molecule has 4 aromatic rings. The highest BCUT2D eigenvalue weighted by Gasteiger charge is 2.32. The van der Waals surface area contributed by atoms with Gasteiger partial charge in [0, 0.05) is 36.9 Å². The Morgan fingerprint density at radius 2 is 1.79 bits per heavy atom. The number of hydrogen-bond donors (Lipinski definition) is 1. The number of para-hydroxylation sites is 1. The van der Waals surface area contributed by atoms with Crippen LogP contribution in [-0.4, -0.2) is 34.6 Å². The second kappa shape index (κ2) is 8.93. The molecule has 0 radical (unpaired) electrons. The molecule has 0 atom stereocenters. The van der Waals surface area contributed by atoms with Gasteiger partial charge in [-0.05, 0) is 48.4 Å². The number of aromatic nitrogens is 3. The SMILES string of the molecule is Cc1cc(Nc2ncc3c(n2)N(C)CN(c2c(Cl)cccc2Cl)C3=O)ccc1-c1cccnc1. The number of nitrogens with one attached hydrogen (secondary N) is 1. The number of anilines is 4. The monoisotopic (exact) mass is 490 g/mol. The summed E-state index contributed by atoms with van der Waals surface area (Å²) < 4.78 is 0. The molecule has 0 fully saturated rings. The molecule has 0 bridgehead atoms. The van der Waals surface area contributed by atoms with Crippen molar-refractivity contribution >= 4 is 52.3 Å². The second-order valence-corrected chi connectivity index (χ2v) is 8.78. The van der Waals surface area contributed by atoms with Crippen molar-refractivity contribution in [3.8, 4) is 11.1 Å². The first-order valence-corrected chi connectivity index (χ1v) is 11.3. The summed E-state index contributed by atoms with van der Waals surface area (Å²) >= 11 is 12.7. The first kappa shape index (κ1) is 22.1. The number of pyridine rings is 1. The number of halogens is 2. The summed E-state index contributed by atoms with van der Waals surface area (Å²) in [6.07, 6.45) is 5.12. The molecule has 2 aromatic carbocycles. The van der Waals surface area contributed by atoms with Crippen LogP contribution in [0.4, 0.5) is 23.1 Å². The minimum atomic E-state index is -0.258. The van der Waals surface area contributed by atoms with Gasteiger partial charge in [0.2, 0.25) is 5.95 Å². The Kier molecular flexibility index (Phi) is 5.81. The molecule has 0 unspecified atom stereocenters. The molecule has 9 heteroatoms. The minimum Gasteiger partial charge on any atom is -0.341 e. The van der Waals surface area contributed by atoms with Crippen LogP contribution in [0, 0.1) is 6.92 Å². The van der Waals surface area contributed by atoms with Crippen molar-refractivity contribution in [3.63, 3.8) is 0 Å². The molecular weight excluding hydrogens is 471 g/mol. The number of amides is 1. The predicted octanol–water partition coefficient (Wildman–Crippen LogP) is 5.95. The maximum absolute atomic E-state index is 13.2. The third-order valence-corrected chi connectivity index (χ3v) is 6.23. The lowest BCUT2D eigenvalue weighted by Crippen LogP contribution is -2.46. The minimum absolute atomic E-state index is 0.255.